The van der Waals surface area contributed by atoms with Gasteiger partial charge in [-0.05, 0) is 24.6 Å². The van der Waals surface area contributed by atoms with Crippen molar-refractivity contribution in [2.24, 2.45) is 0 Å². The van der Waals surface area contributed by atoms with Gasteiger partial charge >= 0.3 is 11.9 Å². The Morgan fingerprint density at radius 3 is 2.32 bits per heavy atom. The molecule has 0 aliphatic rings. The van der Waals surface area contributed by atoms with E-state index in [1.54, 1.807) is 6.92 Å². The molecule has 0 saturated carbocycles. The third-order valence-electron chi connectivity index (χ3n) is 2.81. The fourth-order valence-corrected chi connectivity index (χ4v) is 1.84. The molecular weight excluding hydrogens is 255 g/mol. The van der Waals surface area contributed by atoms with Crippen LogP contribution in [0.3, 0.4) is 0 Å². The molecule has 104 valence electrons. The zero-order chi connectivity index (χ0) is 14.5. The van der Waals surface area contributed by atoms with Crippen LogP contribution in [0.1, 0.15) is 18.9 Å². The Kier molecular flexibility index (Phi) is 5.00. The molecule has 5 nitrogen and oxygen atoms in total. The highest BCUT2D eigenvalue weighted by atomic mass is 19.1. The van der Waals surface area contributed by atoms with Crippen LogP contribution in [-0.4, -0.2) is 35.4 Å². The van der Waals surface area contributed by atoms with Gasteiger partial charge in [0.1, 0.15) is 5.82 Å². The van der Waals surface area contributed by atoms with Crippen LogP contribution in [0.4, 0.5) is 4.39 Å². The lowest BCUT2D eigenvalue weighted by atomic mass is 9.77. The number of aliphatic carboxylic acids is 1. The fourth-order valence-electron chi connectivity index (χ4n) is 1.84. The van der Waals surface area contributed by atoms with E-state index in [0.717, 1.165) is 12.1 Å². The minimum Gasteiger partial charge on any atom is -0.480 e. The second-order valence-corrected chi connectivity index (χ2v) is 3.91. The van der Waals surface area contributed by atoms with Gasteiger partial charge in [-0.25, -0.2) is 4.39 Å². The number of hydrogen-bond donors (Lipinski definition) is 2. The zero-order valence-corrected chi connectivity index (χ0v) is 10.4. The van der Waals surface area contributed by atoms with Crippen molar-refractivity contribution < 1.29 is 28.9 Å². The molecule has 6 heteroatoms. The minimum absolute atomic E-state index is 0.0144. The highest BCUT2D eigenvalue weighted by Crippen LogP contribution is 2.30. The maximum atomic E-state index is 12.9. The quantitative estimate of drug-likeness (QED) is 0.597. The number of aliphatic hydroxyl groups is 1. The Morgan fingerprint density at radius 2 is 1.89 bits per heavy atom. The number of carbonyl (C=O) groups is 2. The van der Waals surface area contributed by atoms with Crippen molar-refractivity contribution in [2.45, 2.75) is 18.8 Å². The predicted octanol–water partition coefficient (Wildman–Crippen LogP) is 1.09. The first-order chi connectivity index (χ1) is 8.98. The standard InChI is InChI=1S/C13H15FO5/c1-2-19-12(18)13(7-8-15,11(16)17)9-3-5-10(14)6-4-9/h3-6,15H,2,7-8H2,1H3,(H,16,17). The highest BCUT2D eigenvalue weighted by Gasteiger charge is 2.49. The first-order valence-corrected chi connectivity index (χ1v) is 5.76. The van der Waals surface area contributed by atoms with Crippen LogP contribution in [0.25, 0.3) is 0 Å². The van der Waals surface area contributed by atoms with Gasteiger partial charge in [0, 0.05) is 13.0 Å². The summed E-state index contributed by atoms with van der Waals surface area (Å²) in [5.41, 5.74) is -1.94. The predicted molar refractivity (Wildman–Crippen MR) is 64.0 cm³/mol. The van der Waals surface area contributed by atoms with Crippen molar-refractivity contribution in [3.63, 3.8) is 0 Å². The number of carboxylic acid groups (broad SMARTS) is 1. The summed E-state index contributed by atoms with van der Waals surface area (Å²) in [6, 6.07) is 4.53. The molecule has 0 radical (unpaired) electrons. The average molecular weight is 270 g/mol. The van der Waals surface area contributed by atoms with E-state index < -0.39 is 29.8 Å². The molecular formula is C13H15FO5. The van der Waals surface area contributed by atoms with Gasteiger partial charge in [-0.2, -0.15) is 0 Å². The summed E-state index contributed by atoms with van der Waals surface area (Å²) in [6.45, 7) is 1.05. The molecule has 0 saturated heterocycles. The Morgan fingerprint density at radius 1 is 1.32 bits per heavy atom. The molecule has 1 aromatic carbocycles. The number of benzene rings is 1. The maximum Gasteiger partial charge on any atom is 0.328 e. The van der Waals surface area contributed by atoms with Crippen molar-refractivity contribution in [1.82, 2.24) is 0 Å². The van der Waals surface area contributed by atoms with Crippen molar-refractivity contribution in [3.05, 3.63) is 35.6 Å². The van der Waals surface area contributed by atoms with E-state index in [9.17, 15) is 19.1 Å². The molecule has 1 rings (SSSR count). The van der Waals surface area contributed by atoms with Gasteiger partial charge in [-0.1, -0.05) is 12.1 Å². The second-order valence-electron chi connectivity index (χ2n) is 3.91. The van der Waals surface area contributed by atoms with Gasteiger partial charge in [0.2, 0.25) is 0 Å². The van der Waals surface area contributed by atoms with E-state index in [0.29, 0.717) is 0 Å². The highest BCUT2D eigenvalue weighted by molar-refractivity contribution is 6.05. The molecule has 2 N–H and O–H groups in total. The SMILES string of the molecule is CCOC(=O)C(CCO)(C(=O)O)c1ccc(F)cc1. The molecule has 19 heavy (non-hydrogen) atoms. The van der Waals surface area contributed by atoms with Crippen LogP contribution in [0.2, 0.25) is 0 Å². The number of aliphatic hydroxyl groups excluding tert-OH is 1. The fraction of sp³-hybridized carbons (Fsp3) is 0.385. The normalized spacial score (nSPS) is 13.6. The van der Waals surface area contributed by atoms with Crippen molar-refractivity contribution in [2.75, 3.05) is 13.2 Å². The summed E-state index contributed by atoms with van der Waals surface area (Å²) in [4.78, 5) is 23.5. The topological polar surface area (TPSA) is 83.8 Å². The number of carbonyl (C=O) groups excluding carboxylic acids is 1. The zero-order valence-electron chi connectivity index (χ0n) is 10.4. The molecule has 0 aliphatic carbocycles. The third-order valence-corrected chi connectivity index (χ3v) is 2.81. The van der Waals surface area contributed by atoms with Gasteiger partial charge in [0.05, 0.1) is 6.61 Å². The molecule has 1 atom stereocenters. The second kappa shape index (κ2) is 6.29. The van der Waals surface area contributed by atoms with Gasteiger partial charge < -0.3 is 14.9 Å². The number of halogens is 1. The lowest BCUT2D eigenvalue weighted by Gasteiger charge is -2.26. The summed E-state index contributed by atoms with van der Waals surface area (Å²) in [7, 11) is 0. The van der Waals surface area contributed by atoms with Crippen LogP contribution < -0.4 is 0 Å². The monoisotopic (exact) mass is 270 g/mol. The lowest BCUT2D eigenvalue weighted by molar-refractivity contribution is -0.162. The summed E-state index contributed by atoms with van der Waals surface area (Å²) < 4.78 is 17.7. The molecule has 0 amide bonds. The summed E-state index contributed by atoms with van der Waals surface area (Å²) in [5.74, 6) is -2.95. The number of carboxylic acids is 1. The van der Waals surface area contributed by atoms with Gasteiger partial charge in [0.25, 0.3) is 0 Å². The number of esters is 1. The van der Waals surface area contributed by atoms with Crippen LogP contribution in [0, 0.1) is 5.82 Å². The summed E-state index contributed by atoms with van der Waals surface area (Å²) in [5, 5.41) is 18.4. The minimum atomic E-state index is -2.02. The Bertz CT molecular complexity index is 457. The number of ether oxygens (including phenoxy) is 1. The van der Waals surface area contributed by atoms with E-state index >= 15 is 0 Å². The maximum absolute atomic E-state index is 12.9. The van der Waals surface area contributed by atoms with Crippen molar-refractivity contribution >= 4 is 11.9 Å². The lowest BCUT2D eigenvalue weighted by Crippen LogP contribution is -2.45. The van der Waals surface area contributed by atoms with E-state index in [2.05, 4.69) is 0 Å². The van der Waals surface area contributed by atoms with E-state index in [4.69, 9.17) is 9.84 Å². The largest absolute Gasteiger partial charge is 0.480 e. The molecule has 0 aliphatic heterocycles. The van der Waals surface area contributed by atoms with Crippen LogP contribution >= 0.6 is 0 Å². The van der Waals surface area contributed by atoms with Gasteiger partial charge in [-0.3, -0.25) is 9.59 Å². The first kappa shape index (κ1) is 15.1. The van der Waals surface area contributed by atoms with Crippen LogP contribution in [0.5, 0.6) is 0 Å². The van der Waals surface area contributed by atoms with E-state index in [1.807, 2.05) is 0 Å². The molecule has 0 bridgehead atoms. The average Bonchev–Trinajstić information content (AvgIpc) is 2.37. The molecule has 1 unspecified atom stereocenters. The molecule has 1 aromatic rings. The van der Waals surface area contributed by atoms with E-state index in [-0.39, 0.29) is 18.6 Å². The van der Waals surface area contributed by atoms with E-state index in [1.165, 1.54) is 12.1 Å². The van der Waals surface area contributed by atoms with Crippen molar-refractivity contribution in [1.29, 1.82) is 0 Å². The molecule has 0 spiro atoms. The Labute approximate surface area is 109 Å². The smallest absolute Gasteiger partial charge is 0.328 e. The Hall–Kier alpha value is -1.95. The van der Waals surface area contributed by atoms with Crippen molar-refractivity contribution in [3.8, 4) is 0 Å². The summed E-state index contributed by atoms with van der Waals surface area (Å²) in [6.07, 6.45) is -0.340. The Balaban J connectivity index is 3.34. The number of hydrogen-bond acceptors (Lipinski definition) is 4. The van der Waals surface area contributed by atoms with Gasteiger partial charge in [0.15, 0.2) is 5.41 Å². The molecule has 0 heterocycles. The molecule has 0 aromatic heterocycles. The molecule has 0 fully saturated rings. The van der Waals surface area contributed by atoms with Crippen LogP contribution in [0.15, 0.2) is 24.3 Å². The van der Waals surface area contributed by atoms with Gasteiger partial charge in [-0.15, -0.1) is 0 Å². The summed E-state index contributed by atoms with van der Waals surface area (Å²) >= 11 is 0. The van der Waals surface area contributed by atoms with Crippen LogP contribution in [-0.2, 0) is 19.7 Å². The first-order valence-electron chi connectivity index (χ1n) is 5.76. The third kappa shape index (κ3) is 2.90. The number of rotatable bonds is 6.